The molecule has 1 amide bonds. The van der Waals surface area contributed by atoms with Crippen LogP contribution in [0.4, 0.5) is 0 Å². The SMILES string of the molecule is CC(=O)c1ccc(O)c(CN(CC(N)=O)CC(C)C)c1. The zero-order valence-corrected chi connectivity index (χ0v) is 12.2. The molecule has 0 unspecified atom stereocenters. The minimum Gasteiger partial charge on any atom is -0.508 e. The smallest absolute Gasteiger partial charge is 0.231 e. The molecule has 0 saturated carbocycles. The fraction of sp³-hybridized carbons (Fsp3) is 0.467. The number of nitrogens with zero attached hydrogens (tertiary/aromatic N) is 1. The molecule has 0 aliphatic heterocycles. The number of Topliss-reactive ketones (excluding diaryl/α,β-unsaturated/α-hetero) is 1. The van der Waals surface area contributed by atoms with Gasteiger partial charge in [-0.25, -0.2) is 0 Å². The fourth-order valence-electron chi connectivity index (χ4n) is 2.09. The number of ketones is 1. The Labute approximate surface area is 119 Å². The second-order valence-corrected chi connectivity index (χ2v) is 5.43. The first kappa shape index (κ1) is 16.2. The third kappa shape index (κ3) is 5.01. The Hall–Kier alpha value is -1.88. The van der Waals surface area contributed by atoms with Crippen LogP contribution in [0.15, 0.2) is 18.2 Å². The Morgan fingerprint density at radius 3 is 2.50 bits per heavy atom. The number of aromatic hydroxyl groups is 1. The van der Waals surface area contributed by atoms with Gasteiger partial charge in [0.05, 0.1) is 6.54 Å². The van der Waals surface area contributed by atoms with Crippen molar-refractivity contribution in [2.75, 3.05) is 13.1 Å². The highest BCUT2D eigenvalue weighted by Crippen LogP contribution is 2.21. The molecule has 0 atom stereocenters. The van der Waals surface area contributed by atoms with Gasteiger partial charge in [0, 0.05) is 24.2 Å². The maximum Gasteiger partial charge on any atom is 0.231 e. The molecule has 1 rings (SSSR count). The Morgan fingerprint density at radius 1 is 1.35 bits per heavy atom. The van der Waals surface area contributed by atoms with E-state index in [0.29, 0.717) is 30.1 Å². The van der Waals surface area contributed by atoms with Crippen molar-refractivity contribution in [3.8, 4) is 5.75 Å². The molecule has 0 aliphatic rings. The second kappa shape index (κ2) is 7.05. The second-order valence-electron chi connectivity index (χ2n) is 5.43. The summed E-state index contributed by atoms with van der Waals surface area (Å²) in [6.45, 7) is 6.76. The summed E-state index contributed by atoms with van der Waals surface area (Å²) >= 11 is 0. The highest BCUT2D eigenvalue weighted by Gasteiger charge is 2.14. The summed E-state index contributed by atoms with van der Waals surface area (Å²) in [6, 6.07) is 4.75. The van der Waals surface area contributed by atoms with Crippen molar-refractivity contribution in [2.45, 2.75) is 27.3 Å². The predicted octanol–water partition coefficient (Wildman–Crippen LogP) is 1.54. The zero-order chi connectivity index (χ0) is 15.3. The summed E-state index contributed by atoms with van der Waals surface area (Å²) in [5, 5.41) is 9.88. The predicted molar refractivity (Wildman–Crippen MR) is 77.4 cm³/mol. The lowest BCUT2D eigenvalue weighted by atomic mass is 10.1. The highest BCUT2D eigenvalue weighted by molar-refractivity contribution is 5.94. The van der Waals surface area contributed by atoms with E-state index in [0.717, 1.165) is 0 Å². The lowest BCUT2D eigenvalue weighted by molar-refractivity contribution is -0.119. The van der Waals surface area contributed by atoms with Gasteiger partial charge in [-0.2, -0.15) is 0 Å². The molecular formula is C15H22N2O3. The number of carbonyl (C=O) groups excluding carboxylic acids is 2. The van der Waals surface area contributed by atoms with E-state index in [1.807, 2.05) is 18.7 Å². The van der Waals surface area contributed by atoms with Gasteiger partial charge in [-0.05, 0) is 31.0 Å². The van der Waals surface area contributed by atoms with Crippen LogP contribution in [0.5, 0.6) is 5.75 Å². The standard InChI is InChI=1S/C15H22N2O3/c1-10(2)7-17(9-15(16)20)8-13-6-12(11(3)18)4-5-14(13)19/h4-6,10,19H,7-9H2,1-3H3,(H2,16,20). The van der Waals surface area contributed by atoms with Crippen LogP contribution >= 0.6 is 0 Å². The number of primary amides is 1. The third-order valence-electron chi connectivity index (χ3n) is 2.88. The van der Waals surface area contributed by atoms with E-state index in [-0.39, 0.29) is 18.1 Å². The summed E-state index contributed by atoms with van der Waals surface area (Å²) < 4.78 is 0. The molecule has 0 saturated heterocycles. The van der Waals surface area contributed by atoms with E-state index in [2.05, 4.69) is 0 Å². The number of carbonyl (C=O) groups is 2. The van der Waals surface area contributed by atoms with Crippen LogP contribution in [0.3, 0.4) is 0 Å². The Morgan fingerprint density at radius 2 is 2.00 bits per heavy atom. The lowest BCUT2D eigenvalue weighted by Crippen LogP contribution is -2.35. The van der Waals surface area contributed by atoms with Crippen molar-refractivity contribution in [2.24, 2.45) is 11.7 Å². The van der Waals surface area contributed by atoms with Gasteiger partial charge in [-0.3, -0.25) is 14.5 Å². The van der Waals surface area contributed by atoms with Crippen LogP contribution in [-0.2, 0) is 11.3 Å². The zero-order valence-electron chi connectivity index (χ0n) is 12.2. The minimum absolute atomic E-state index is 0.0587. The van der Waals surface area contributed by atoms with Gasteiger partial charge in [-0.1, -0.05) is 13.8 Å². The molecule has 0 radical (unpaired) electrons. The molecule has 110 valence electrons. The van der Waals surface area contributed by atoms with Crippen molar-refractivity contribution in [1.82, 2.24) is 4.90 Å². The van der Waals surface area contributed by atoms with Crippen LogP contribution in [0.2, 0.25) is 0 Å². The number of nitrogens with two attached hydrogens (primary N) is 1. The van der Waals surface area contributed by atoms with Crippen LogP contribution < -0.4 is 5.73 Å². The van der Waals surface area contributed by atoms with Crippen molar-refractivity contribution in [3.63, 3.8) is 0 Å². The molecule has 0 aliphatic carbocycles. The first-order chi connectivity index (χ1) is 9.29. The molecule has 0 aromatic heterocycles. The van der Waals surface area contributed by atoms with E-state index < -0.39 is 5.91 Å². The van der Waals surface area contributed by atoms with Gasteiger partial charge in [0.2, 0.25) is 5.91 Å². The molecule has 0 spiro atoms. The molecule has 0 fully saturated rings. The van der Waals surface area contributed by atoms with E-state index in [4.69, 9.17) is 5.73 Å². The van der Waals surface area contributed by atoms with Crippen molar-refractivity contribution in [1.29, 1.82) is 0 Å². The van der Waals surface area contributed by atoms with E-state index in [9.17, 15) is 14.7 Å². The monoisotopic (exact) mass is 278 g/mol. The summed E-state index contributed by atoms with van der Waals surface area (Å²) in [4.78, 5) is 24.4. The van der Waals surface area contributed by atoms with Gasteiger partial charge >= 0.3 is 0 Å². The number of phenols is 1. The molecule has 3 N–H and O–H groups in total. The summed E-state index contributed by atoms with van der Waals surface area (Å²) in [6.07, 6.45) is 0. The van der Waals surface area contributed by atoms with Crippen molar-refractivity contribution >= 4 is 11.7 Å². The quantitative estimate of drug-likeness (QED) is 0.741. The van der Waals surface area contributed by atoms with E-state index in [1.54, 1.807) is 12.1 Å². The normalized spacial score (nSPS) is 11.1. The molecule has 5 heteroatoms. The van der Waals surface area contributed by atoms with Crippen molar-refractivity contribution < 1.29 is 14.7 Å². The number of phenolic OH excluding ortho intramolecular Hbond substituents is 1. The van der Waals surface area contributed by atoms with Crippen molar-refractivity contribution in [3.05, 3.63) is 29.3 Å². The van der Waals surface area contributed by atoms with Gasteiger partial charge < -0.3 is 10.8 Å². The van der Waals surface area contributed by atoms with E-state index in [1.165, 1.54) is 13.0 Å². The maximum atomic E-state index is 11.4. The largest absolute Gasteiger partial charge is 0.508 e. The van der Waals surface area contributed by atoms with Crippen LogP contribution in [0.25, 0.3) is 0 Å². The van der Waals surface area contributed by atoms with Gasteiger partial charge in [0.25, 0.3) is 0 Å². The van der Waals surface area contributed by atoms with Gasteiger partial charge in [0.15, 0.2) is 5.78 Å². The number of benzene rings is 1. The third-order valence-corrected chi connectivity index (χ3v) is 2.88. The number of hydrogen-bond acceptors (Lipinski definition) is 4. The lowest BCUT2D eigenvalue weighted by Gasteiger charge is -2.23. The van der Waals surface area contributed by atoms with Gasteiger partial charge in [-0.15, -0.1) is 0 Å². The topological polar surface area (TPSA) is 83.6 Å². The number of hydrogen-bond donors (Lipinski definition) is 2. The molecule has 0 heterocycles. The minimum atomic E-state index is -0.409. The first-order valence-electron chi connectivity index (χ1n) is 6.63. The first-order valence-corrected chi connectivity index (χ1v) is 6.63. The number of rotatable bonds is 7. The van der Waals surface area contributed by atoms with Crippen LogP contribution in [0, 0.1) is 5.92 Å². The van der Waals surface area contributed by atoms with Gasteiger partial charge in [0.1, 0.15) is 5.75 Å². The Balaban J connectivity index is 2.94. The highest BCUT2D eigenvalue weighted by atomic mass is 16.3. The number of amides is 1. The summed E-state index contributed by atoms with van der Waals surface area (Å²) in [7, 11) is 0. The molecule has 1 aromatic rings. The summed E-state index contributed by atoms with van der Waals surface area (Å²) in [5.41, 5.74) is 6.41. The molecule has 20 heavy (non-hydrogen) atoms. The Kier molecular flexibility index (Phi) is 5.70. The van der Waals surface area contributed by atoms with E-state index >= 15 is 0 Å². The average molecular weight is 278 g/mol. The fourth-order valence-corrected chi connectivity index (χ4v) is 2.09. The Bertz CT molecular complexity index is 498. The molecule has 5 nitrogen and oxygen atoms in total. The maximum absolute atomic E-state index is 11.4. The molecule has 0 bridgehead atoms. The van der Waals surface area contributed by atoms with Crippen LogP contribution in [-0.4, -0.2) is 34.8 Å². The molecule has 1 aromatic carbocycles. The summed E-state index contributed by atoms with van der Waals surface area (Å²) in [5.74, 6) is 0.0186. The average Bonchev–Trinajstić information content (AvgIpc) is 2.29. The van der Waals surface area contributed by atoms with Crippen LogP contribution in [0.1, 0.15) is 36.7 Å². The molecular weight excluding hydrogens is 256 g/mol.